The molecule has 0 unspecified atom stereocenters. The second-order valence-electron chi connectivity index (χ2n) is 4.17. The van der Waals surface area contributed by atoms with Crippen molar-refractivity contribution in [1.29, 1.82) is 0 Å². The zero-order valence-corrected chi connectivity index (χ0v) is 11.9. The van der Waals surface area contributed by atoms with Gasteiger partial charge in [0.15, 0.2) is 0 Å². The van der Waals surface area contributed by atoms with Gasteiger partial charge in [0.1, 0.15) is 5.84 Å². The smallest absolute Gasteiger partial charge is 0.289 e. The molecule has 1 heterocycles. The molecule has 0 aliphatic carbocycles. The molecule has 0 spiro atoms. The largest absolute Gasteiger partial charge is 0.300 e. The lowest BCUT2D eigenvalue weighted by Gasteiger charge is -1.98. The Balaban J connectivity index is 2.44. The first-order chi connectivity index (χ1) is 9.13. The topological polar surface area (TPSA) is 41.5 Å². The minimum Gasteiger partial charge on any atom is -0.300 e. The highest BCUT2D eigenvalue weighted by Crippen LogP contribution is 2.25. The fraction of sp³-hybridized carbons (Fsp3) is 0.200. The predicted molar refractivity (Wildman–Crippen MR) is 83.4 cm³/mol. The van der Waals surface area contributed by atoms with Crippen LogP contribution in [-0.2, 0) is 0 Å². The molecule has 98 valence electrons. The standard InChI is InChI=1S/C15H16N2OS/c1-4-5-12-8-11(7-6-10(12)2)9-13-14(16-3)17-15(18)19-13/h5-9H,2,4H2,1,3H3,(H,16,17,18)/b12-5-,13-9-. The number of nitrogens with one attached hydrogen (secondary N) is 1. The summed E-state index contributed by atoms with van der Waals surface area (Å²) in [4.78, 5) is 16.3. The fourth-order valence-corrected chi connectivity index (χ4v) is 2.64. The van der Waals surface area contributed by atoms with Crippen LogP contribution in [-0.4, -0.2) is 18.1 Å². The summed E-state index contributed by atoms with van der Waals surface area (Å²) in [7, 11) is 1.67. The van der Waals surface area contributed by atoms with Crippen LogP contribution < -0.4 is 15.8 Å². The summed E-state index contributed by atoms with van der Waals surface area (Å²) in [6, 6.07) is 6.07. The third kappa shape index (κ3) is 3.15. The minimum atomic E-state index is -0.0824. The van der Waals surface area contributed by atoms with Gasteiger partial charge >= 0.3 is 0 Å². The van der Waals surface area contributed by atoms with Crippen molar-refractivity contribution in [2.45, 2.75) is 13.3 Å². The van der Waals surface area contributed by atoms with E-state index < -0.39 is 0 Å². The maximum atomic E-state index is 11.4. The van der Waals surface area contributed by atoms with Crippen molar-refractivity contribution in [3.63, 3.8) is 0 Å². The zero-order valence-electron chi connectivity index (χ0n) is 11.1. The molecule has 1 aliphatic rings. The van der Waals surface area contributed by atoms with Crippen LogP contribution in [0.15, 0.2) is 28.1 Å². The second-order valence-corrected chi connectivity index (χ2v) is 5.18. The number of thioether (sulfide) groups is 1. The van der Waals surface area contributed by atoms with Gasteiger partial charge < -0.3 is 5.32 Å². The summed E-state index contributed by atoms with van der Waals surface area (Å²) < 4.78 is 0. The van der Waals surface area contributed by atoms with E-state index in [1.54, 1.807) is 7.05 Å². The number of aliphatic imine (C=N–C) groups is 1. The molecule has 0 atom stereocenters. The molecule has 0 aromatic heterocycles. The van der Waals surface area contributed by atoms with Gasteiger partial charge in [-0.15, -0.1) is 0 Å². The molecule has 0 radical (unpaired) electrons. The first-order valence-electron chi connectivity index (χ1n) is 6.11. The number of benzene rings is 1. The molecule has 4 heteroatoms. The highest BCUT2D eigenvalue weighted by Gasteiger charge is 2.22. The third-order valence-corrected chi connectivity index (χ3v) is 3.59. The Morgan fingerprint density at radius 3 is 2.95 bits per heavy atom. The molecular formula is C15H16N2OS. The van der Waals surface area contributed by atoms with Crippen molar-refractivity contribution < 1.29 is 4.79 Å². The van der Waals surface area contributed by atoms with E-state index in [0.717, 1.165) is 27.3 Å². The van der Waals surface area contributed by atoms with Gasteiger partial charge in [-0.1, -0.05) is 31.7 Å². The van der Waals surface area contributed by atoms with Crippen LogP contribution in [0.5, 0.6) is 0 Å². The molecule has 1 aliphatic heterocycles. The van der Waals surface area contributed by atoms with E-state index >= 15 is 0 Å². The van der Waals surface area contributed by atoms with Crippen LogP contribution in [0.1, 0.15) is 18.9 Å². The maximum absolute atomic E-state index is 11.4. The quantitative estimate of drug-likeness (QED) is 0.896. The van der Waals surface area contributed by atoms with Gasteiger partial charge in [-0.3, -0.25) is 9.79 Å². The number of hydrogen-bond donors (Lipinski definition) is 1. The van der Waals surface area contributed by atoms with E-state index in [1.165, 1.54) is 11.8 Å². The van der Waals surface area contributed by atoms with Gasteiger partial charge in [0, 0.05) is 7.05 Å². The highest BCUT2D eigenvalue weighted by atomic mass is 32.2. The molecule has 1 fully saturated rings. The van der Waals surface area contributed by atoms with Crippen molar-refractivity contribution in [2.24, 2.45) is 4.99 Å². The second kappa shape index (κ2) is 5.89. The fourth-order valence-electron chi connectivity index (χ4n) is 1.86. The summed E-state index contributed by atoms with van der Waals surface area (Å²) in [6.07, 6.45) is 5.08. The van der Waals surface area contributed by atoms with E-state index in [0.29, 0.717) is 5.84 Å². The SMILES string of the molecule is C=c1ccc(/C=C2\SC(=O)NC2=NC)c/c1=C/CC. The molecule has 0 saturated carbocycles. The van der Waals surface area contributed by atoms with E-state index in [2.05, 4.69) is 36.0 Å². The lowest BCUT2D eigenvalue weighted by molar-refractivity contribution is 0.265. The van der Waals surface area contributed by atoms with Crippen molar-refractivity contribution in [3.05, 3.63) is 39.1 Å². The number of amides is 1. The molecule has 3 nitrogen and oxygen atoms in total. The minimum absolute atomic E-state index is 0.0824. The number of nitrogens with zero attached hydrogens (tertiary/aromatic N) is 1. The summed E-state index contributed by atoms with van der Waals surface area (Å²) in [5.41, 5.74) is 1.05. The van der Waals surface area contributed by atoms with Crippen molar-refractivity contribution in [3.8, 4) is 0 Å². The zero-order chi connectivity index (χ0) is 13.8. The Bertz CT molecular complexity index is 674. The van der Waals surface area contributed by atoms with Gasteiger partial charge in [-0.05, 0) is 46.3 Å². The predicted octanol–water partition coefficient (Wildman–Crippen LogP) is 2.11. The van der Waals surface area contributed by atoms with E-state index in [9.17, 15) is 4.79 Å². The number of carbonyl (C=O) groups is 1. The van der Waals surface area contributed by atoms with Gasteiger partial charge in [0.2, 0.25) is 0 Å². The lowest BCUT2D eigenvalue weighted by Crippen LogP contribution is -2.22. The molecule has 1 aromatic carbocycles. The van der Waals surface area contributed by atoms with Crippen LogP contribution in [0.2, 0.25) is 0 Å². The Kier molecular flexibility index (Phi) is 4.22. The average Bonchev–Trinajstić information content (AvgIpc) is 2.74. The molecule has 1 aromatic rings. The van der Waals surface area contributed by atoms with Gasteiger partial charge in [-0.2, -0.15) is 0 Å². The summed E-state index contributed by atoms with van der Waals surface area (Å²) in [5.74, 6) is 0.634. The first-order valence-corrected chi connectivity index (χ1v) is 6.92. The molecule has 1 amide bonds. The van der Waals surface area contributed by atoms with E-state index in [-0.39, 0.29) is 5.24 Å². The number of carbonyl (C=O) groups excluding carboxylic acids is 1. The number of rotatable bonds is 2. The Labute approximate surface area is 116 Å². The molecule has 0 bridgehead atoms. The normalized spacial score (nSPS) is 20.3. The van der Waals surface area contributed by atoms with Crippen LogP contribution in [0.3, 0.4) is 0 Å². The molecule has 19 heavy (non-hydrogen) atoms. The van der Waals surface area contributed by atoms with Crippen LogP contribution in [0.25, 0.3) is 18.7 Å². The van der Waals surface area contributed by atoms with Gasteiger partial charge in [0.25, 0.3) is 5.24 Å². The Morgan fingerprint density at radius 2 is 2.26 bits per heavy atom. The van der Waals surface area contributed by atoms with Crippen LogP contribution in [0.4, 0.5) is 4.79 Å². The van der Waals surface area contributed by atoms with Crippen molar-refractivity contribution in [1.82, 2.24) is 5.32 Å². The lowest BCUT2D eigenvalue weighted by atomic mass is 10.1. The third-order valence-electron chi connectivity index (χ3n) is 2.77. The van der Waals surface area contributed by atoms with Crippen molar-refractivity contribution in [2.75, 3.05) is 7.05 Å². The van der Waals surface area contributed by atoms with E-state index in [4.69, 9.17) is 0 Å². The summed E-state index contributed by atoms with van der Waals surface area (Å²) in [6.45, 7) is 6.11. The molecule has 1 N–H and O–H groups in total. The first kappa shape index (κ1) is 13.6. The van der Waals surface area contributed by atoms with Gasteiger partial charge in [-0.25, -0.2) is 0 Å². The average molecular weight is 272 g/mol. The molecular weight excluding hydrogens is 256 g/mol. The maximum Gasteiger partial charge on any atom is 0.289 e. The van der Waals surface area contributed by atoms with Crippen LogP contribution >= 0.6 is 11.8 Å². The Morgan fingerprint density at radius 1 is 1.47 bits per heavy atom. The highest BCUT2D eigenvalue weighted by molar-refractivity contribution is 8.18. The summed E-state index contributed by atoms with van der Waals surface area (Å²) in [5, 5.41) is 4.78. The number of amidine groups is 1. The molecule has 2 rings (SSSR count). The van der Waals surface area contributed by atoms with Crippen molar-refractivity contribution >= 4 is 41.6 Å². The summed E-state index contributed by atoms with van der Waals surface area (Å²) >= 11 is 1.17. The number of hydrogen-bond acceptors (Lipinski definition) is 3. The van der Waals surface area contributed by atoms with Crippen LogP contribution in [0, 0.1) is 0 Å². The van der Waals surface area contributed by atoms with E-state index in [1.807, 2.05) is 18.2 Å². The monoisotopic (exact) mass is 272 g/mol. The molecule has 1 saturated heterocycles. The Hall–Kier alpha value is -1.81. The van der Waals surface area contributed by atoms with Gasteiger partial charge in [0.05, 0.1) is 4.91 Å².